The smallest absolute Gasteiger partial charge is 0.241 e. The Morgan fingerprint density at radius 1 is 0.897 bits per heavy atom. The van der Waals surface area contributed by atoms with E-state index in [1.807, 2.05) is 48.5 Å². The Kier molecular flexibility index (Phi) is 6.51. The maximum atomic E-state index is 12.5. The molecule has 29 heavy (non-hydrogen) atoms. The Labute approximate surface area is 170 Å². The Hall–Kier alpha value is -3.32. The summed E-state index contributed by atoms with van der Waals surface area (Å²) >= 11 is 0. The van der Waals surface area contributed by atoms with Crippen LogP contribution >= 0.6 is 0 Å². The van der Waals surface area contributed by atoms with Crippen LogP contribution in [0.15, 0.2) is 84.9 Å². The molecule has 0 fully saturated rings. The van der Waals surface area contributed by atoms with Gasteiger partial charge in [-0.1, -0.05) is 60.7 Å². The van der Waals surface area contributed by atoms with E-state index in [9.17, 15) is 13.2 Å². The zero-order valence-electron chi connectivity index (χ0n) is 16.0. The van der Waals surface area contributed by atoms with E-state index >= 15 is 0 Å². The quantitative estimate of drug-likeness (QED) is 0.616. The van der Waals surface area contributed by atoms with Gasteiger partial charge in [-0.3, -0.25) is 9.10 Å². The maximum Gasteiger partial charge on any atom is 0.241 e. The number of hydrogen-bond donors (Lipinski definition) is 1. The summed E-state index contributed by atoms with van der Waals surface area (Å²) in [6.45, 7) is -0.0275. The van der Waals surface area contributed by atoms with Gasteiger partial charge in [-0.15, -0.1) is 0 Å². The average molecular weight is 410 g/mol. The Bertz CT molecular complexity index is 1050. The number of amides is 1. The molecule has 0 aliphatic heterocycles. The van der Waals surface area contributed by atoms with Crippen LogP contribution in [-0.4, -0.2) is 27.1 Å². The lowest BCUT2D eigenvalue weighted by atomic mass is 10.2. The van der Waals surface area contributed by atoms with Crippen LogP contribution in [0.5, 0.6) is 11.5 Å². The van der Waals surface area contributed by atoms with Gasteiger partial charge in [0.05, 0.1) is 11.9 Å². The third-order valence-corrected chi connectivity index (χ3v) is 5.25. The van der Waals surface area contributed by atoms with E-state index in [1.165, 1.54) is 0 Å². The summed E-state index contributed by atoms with van der Waals surface area (Å²) in [6, 6.07) is 25.2. The largest absolute Gasteiger partial charge is 0.455 e. The molecule has 1 amide bonds. The van der Waals surface area contributed by atoms with E-state index in [-0.39, 0.29) is 6.54 Å². The summed E-state index contributed by atoms with van der Waals surface area (Å²) in [7, 11) is -3.72. The second kappa shape index (κ2) is 9.25. The van der Waals surface area contributed by atoms with E-state index in [0.717, 1.165) is 16.1 Å². The molecule has 0 saturated heterocycles. The fourth-order valence-electron chi connectivity index (χ4n) is 2.73. The molecule has 7 heteroatoms. The fraction of sp³-hybridized carbons (Fsp3) is 0.136. The first-order valence-electron chi connectivity index (χ1n) is 9.04. The van der Waals surface area contributed by atoms with Gasteiger partial charge in [0.25, 0.3) is 0 Å². The number of nitrogens with zero attached hydrogens (tertiary/aromatic N) is 1. The number of sulfonamides is 1. The number of carbonyl (C=O) groups is 1. The molecule has 6 nitrogen and oxygen atoms in total. The predicted octanol–water partition coefficient (Wildman–Crippen LogP) is 3.56. The molecule has 0 saturated carbocycles. The highest BCUT2D eigenvalue weighted by Crippen LogP contribution is 2.33. The Morgan fingerprint density at radius 2 is 1.48 bits per heavy atom. The second-order valence-electron chi connectivity index (χ2n) is 6.41. The molecular weight excluding hydrogens is 388 g/mol. The minimum absolute atomic E-state index is 0.300. The molecule has 0 aliphatic carbocycles. The first-order chi connectivity index (χ1) is 13.9. The standard InChI is InChI=1S/C22H22N2O4S/c1-29(26,27)24(17-22(25)23-16-18-10-4-2-5-11-18)20-14-8-9-15-21(20)28-19-12-6-3-7-13-19/h2-15H,16-17H2,1H3,(H,23,25). The van der Waals surface area contributed by atoms with E-state index in [2.05, 4.69) is 5.32 Å². The molecule has 150 valence electrons. The van der Waals surface area contributed by atoms with Crippen molar-refractivity contribution >= 4 is 21.6 Å². The predicted molar refractivity (Wildman–Crippen MR) is 113 cm³/mol. The van der Waals surface area contributed by atoms with Crippen molar-refractivity contribution in [2.24, 2.45) is 0 Å². The van der Waals surface area contributed by atoms with Gasteiger partial charge in [-0.05, 0) is 29.8 Å². The van der Waals surface area contributed by atoms with Gasteiger partial charge in [0.15, 0.2) is 5.75 Å². The monoisotopic (exact) mass is 410 g/mol. The van der Waals surface area contributed by atoms with Crippen LogP contribution in [0, 0.1) is 0 Å². The number of carbonyl (C=O) groups excluding carboxylic acids is 1. The number of para-hydroxylation sites is 3. The van der Waals surface area contributed by atoms with Crippen molar-refractivity contribution in [1.29, 1.82) is 0 Å². The average Bonchev–Trinajstić information content (AvgIpc) is 2.72. The lowest BCUT2D eigenvalue weighted by molar-refractivity contribution is -0.119. The van der Waals surface area contributed by atoms with Gasteiger partial charge in [-0.2, -0.15) is 0 Å². The van der Waals surface area contributed by atoms with Crippen LogP contribution in [0.3, 0.4) is 0 Å². The van der Waals surface area contributed by atoms with Crippen molar-refractivity contribution in [3.8, 4) is 11.5 Å². The molecule has 0 bridgehead atoms. The summed E-state index contributed by atoms with van der Waals surface area (Å²) in [5.74, 6) is 0.510. The van der Waals surface area contributed by atoms with Crippen LogP contribution < -0.4 is 14.4 Å². The highest BCUT2D eigenvalue weighted by molar-refractivity contribution is 7.92. The van der Waals surface area contributed by atoms with Gasteiger partial charge in [0, 0.05) is 6.54 Å². The number of nitrogens with one attached hydrogen (secondary N) is 1. The van der Waals surface area contributed by atoms with E-state index in [1.54, 1.807) is 36.4 Å². The summed E-state index contributed by atoms with van der Waals surface area (Å²) < 4.78 is 31.8. The lowest BCUT2D eigenvalue weighted by Crippen LogP contribution is -2.40. The molecule has 3 aromatic rings. The molecule has 1 N–H and O–H groups in total. The van der Waals surface area contributed by atoms with Crippen LogP contribution in [-0.2, 0) is 21.4 Å². The van der Waals surface area contributed by atoms with Crippen molar-refractivity contribution in [2.45, 2.75) is 6.54 Å². The zero-order chi connectivity index (χ0) is 20.7. The van der Waals surface area contributed by atoms with Crippen LogP contribution in [0.25, 0.3) is 0 Å². The topological polar surface area (TPSA) is 75.7 Å². The van der Waals surface area contributed by atoms with Crippen molar-refractivity contribution in [3.63, 3.8) is 0 Å². The van der Waals surface area contributed by atoms with Gasteiger partial charge >= 0.3 is 0 Å². The molecule has 3 rings (SSSR count). The normalized spacial score (nSPS) is 10.9. The second-order valence-corrected chi connectivity index (χ2v) is 8.32. The lowest BCUT2D eigenvalue weighted by Gasteiger charge is -2.24. The van der Waals surface area contributed by atoms with Gasteiger partial charge in [-0.25, -0.2) is 8.42 Å². The van der Waals surface area contributed by atoms with Crippen LogP contribution in [0.1, 0.15) is 5.56 Å². The minimum Gasteiger partial charge on any atom is -0.455 e. The Balaban J connectivity index is 1.80. The molecular formula is C22H22N2O4S. The van der Waals surface area contributed by atoms with Crippen LogP contribution in [0.4, 0.5) is 5.69 Å². The summed E-state index contributed by atoms with van der Waals surface area (Å²) in [5.41, 5.74) is 1.23. The van der Waals surface area contributed by atoms with Crippen LogP contribution in [0.2, 0.25) is 0 Å². The fourth-order valence-corrected chi connectivity index (χ4v) is 3.59. The van der Waals surface area contributed by atoms with Gasteiger partial charge in [0.1, 0.15) is 12.3 Å². The molecule has 0 atom stereocenters. The summed E-state index contributed by atoms with van der Waals surface area (Å²) in [5, 5.41) is 2.75. The van der Waals surface area contributed by atoms with Gasteiger partial charge in [0.2, 0.25) is 15.9 Å². The Morgan fingerprint density at radius 3 is 2.14 bits per heavy atom. The highest BCUT2D eigenvalue weighted by Gasteiger charge is 2.24. The summed E-state index contributed by atoms with van der Waals surface area (Å²) in [6.07, 6.45) is 1.07. The molecule has 0 aliphatic rings. The SMILES string of the molecule is CS(=O)(=O)N(CC(=O)NCc1ccccc1)c1ccccc1Oc1ccccc1. The van der Waals surface area contributed by atoms with Crippen molar-refractivity contribution < 1.29 is 17.9 Å². The molecule has 0 radical (unpaired) electrons. The molecule has 0 aromatic heterocycles. The van der Waals surface area contributed by atoms with Crippen molar-refractivity contribution in [1.82, 2.24) is 5.32 Å². The number of benzene rings is 3. The third-order valence-electron chi connectivity index (χ3n) is 4.13. The van der Waals surface area contributed by atoms with E-state index < -0.39 is 15.9 Å². The first-order valence-corrected chi connectivity index (χ1v) is 10.9. The summed E-state index contributed by atoms with van der Waals surface area (Å²) in [4.78, 5) is 12.5. The number of hydrogen-bond acceptors (Lipinski definition) is 4. The highest BCUT2D eigenvalue weighted by atomic mass is 32.2. The third kappa shape index (κ3) is 5.83. The molecule has 3 aromatic carbocycles. The molecule has 0 unspecified atom stereocenters. The van der Waals surface area contributed by atoms with E-state index in [4.69, 9.17) is 4.74 Å². The molecule has 0 spiro atoms. The first kappa shape index (κ1) is 20.4. The van der Waals surface area contributed by atoms with Crippen molar-refractivity contribution in [3.05, 3.63) is 90.5 Å². The maximum absolute atomic E-state index is 12.5. The van der Waals surface area contributed by atoms with E-state index in [0.29, 0.717) is 23.7 Å². The minimum atomic E-state index is -3.72. The van der Waals surface area contributed by atoms with Crippen molar-refractivity contribution in [2.75, 3.05) is 17.1 Å². The molecule has 0 heterocycles. The number of anilines is 1. The zero-order valence-corrected chi connectivity index (χ0v) is 16.8. The number of ether oxygens (including phenoxy) is 1. The van der Waals surface area contributed by atoms with Gasteiger partial charge < -0.3 is 10.1 Å². The number of rotatable bonds is 8.